The molecule has 8 heteroatoms. The summed E-state index contributed by atoms with van der Waals surface area (Å²) in [6.45, 7) is 3.97. The number of anilines is 1. The van der Waals surface area contributed by atoms with Crippen LogP contribution in [0.1, 0.15) is 11.1 Å². The maximum Gasteiger partial charge on any atom is 0.232 e. The van der Waals surface area contributed by atoms with Gasteiger partial charge in [-0.3, -0.25) is 0 Å². The highest BCUT2D eigenvalue weighted by Gasteiger charge is 2.19. The molecule has 0 unspecified atom stereocenters. The highest BCUT2D eigenvalue weighted by atomic mass is 32.2. The van der Waals surface area contributed by atoms with Crippen LogP contribution in [0.25, 0.3) is 0 Å². The van der Waals surface area contributed by atoms with E-state index in [1.807, 2.05) is 36.4 Å². The number of aromatic nitrogens is 2. The Bertz CT molecular complexity index is 1080. The molecule has 0 aliphatic carbocycles. The summed E-state index contributed by atoms with van der Waals surface area (Å²) in [4.78, 5) is 15.0. The number of likely N-dealkylation sites (N-methyl/N-ethyl adjacent to an activating group) is 1. The summed E-state index contributed by atoms with van der Waals surface area (Å²) in [7, 11) is 2.10. The lowest BCUT2D eigenvalue weighted by Crippen LogP contribution is -2.45. The second-order valence-electron chi connectivity index (χ2n) is 7.26. The van der Waals surface area contributed by atoms with Gasteiger partial charge >= 0.3 is 0 Å². The van der Waals surface area contributed by atoms with E-state index in [1.54, 1.807) is 12.3 Å². The van der Waals surface area contributed by atoms with E-state index in [4.69, 9.17) is 15.0 Å². The van der Waals surface area contributed by atoms with E-state index in [1.165, 1.54) is 23.9 Å². The molecule has 0 bridgehead atoms. The SMILES string of the molecule is CN1CCN(c2ncc(Sc3ccc(C#N)c(F)c3)c(OCc3ccccc3)n2)CC1. The lowest BCUT2D eigenvalue weighted by atomic mass is 10.2. The molecule has 158 valence electrons. The van der Waals surface area contributed by atoms with Gasteiger partial charge in [0, 0.05) is 31.1 Å². The van der Waals surface area contributed by atoms with Crippen LogP contribution in [0.4, 0.5) is 10.3 Å². The number of halogens is 1. The van der Waals surface area contributed by atoms with Crippen molar-refractivity contribution in [3.8, 4) is 11.9 Å². The van der Waals surface area contributed by atoms with Gasteiger partial charge < -0.3 is 14.5 Å². The molecule has 0 saturated carbocycles. The Balaban J connectivity index is 1.59. The van der Waals surface area contributed by atoms with Gasteiger partial charge in [0.2, 0.25) is 11.8 Å². The van der Waals surface area contributed by atoms with Crippen LogP contribution in [-0.4, -0.2) is 48.1 Å². The molecular formula is C23H22FN5OS. The average molecular weight is 436 g/mol. The zero-order valence-electron chi connectivity index (χ0n) is 17.2. The van der Waals surface area contributed by atoms with Crippen LogP contribution in [0.15, 0.2) is 64.5 Å². The Hall–Kier alpha value is -3.15. The minimum Gasteiger partial charge on any atom is -0.472 e. The number of nitrogens with zero attached hydrogens (tertiary/aromatic N) is 5. The van der Waals surface area contributed by atoms with Crippen molar-refractivity contribution in [3.05, 3.63) is 71.7 Å². The standard InChI is InChI=1S/C23H22FN5OS/c1-28-9-11-29(12-10-28)23-26-15-21(31-19-8-7-18(14-25)20(24)13-19)22(27-23)30-16-17-5-3-2-4-6-17/h2-8,13,15H,9-12,16H2,1H3. The fraction of sp³-hybridized carbons (Fsp3) is 0.261. The number of hydrogen-bond acceptors (Lipinski definition) is 7. The van der Waals surface area contributed by atoms with Crippen LogP contribution in [0, 0.1) is 17.1 Å². The molecule has 1 aromatic heterocycles. The lowest BCUT2D eigenvalue weighted by molar-refractivity contribution is 0.283. The summed E-state index contributed by atoms with van der Waals surface area (Å²) in [5.41, 5.74) is 1.05. The van der Waals surface area contributed by atoms with Gasteiger partial charge in [-0.05, 0) is 30.8 Å². The minimum absolute atomic E-state index is 0.0200. The van der Waals surface area contributed by atoms with Gasteiger partial charge in [-0.2, -0.15) is 10.2 Å². The molecule has 2 heterocycles. The first-order valence-corrected chi connectivity index (χ1v) is 10.8. The van der Waals surface area contributed by atoms with E-state index in [0.29, 0.717) is 28.2 Å². The molecule has 6 nitrogen and oxygen atoms in total. The number of ether oxygens (including phenoxy) is 1. The molecule has 0 spiro atoms. The number of rotatable bonds is 6. The van der Waals surface area contributed by atoms with E-state index in [-0.39, 0.29) is 5.56 Å². The predicted octanol–water partition coefficient (Wildman–Crippen LogP) is 3.97. The molecule has 0 atom stereocenters. The molecule has 2 aromatic carbocycles. The summed E-state index contributed by atoms with van der Waals surface area (Å²) < 4.78 is 20.1. The molecular weight excluding hydrogens is 413 g/mol. The van der Waals surface area contributed by atoms with Crippen LogP contribution >= 0.6 is 11.8 Å². The summed E-state index contributed by atoms with van der Waals surface area (Å²) >= 11 is 1.31. The zero-order chi connectivity index (χ0) is 21.6. The van der Waals surface area contributed by atoms with Crippen molar-refractivity contribution in [2.45, 2.75) is 16.4 Å². The molecule has 3 aromatic rings. The zero-order valence-corrected chi connectivity index (χ0v) is 18.0. The van der Waals surface area contributed by atoms with E-state index >= 15 is 0 Å². The van der Waals surface area contributed by atoms with Crippen molar-refractivity contribution in [3.63, 3.8) is 0 Å². The highest BCUT2D eigenvalue weighted by molar-refractivity contribution is 7.99. The number of piperazine rings is 1. The molecule has 0 N–H and O–H groups in total. The largest absolute Gasteiger partial charge is 0.472 e. The van der Waals surface area contributed by atoms with Crippen LogP contribution in [-0.2, 0) is 6.61 Å². The van der Waals surface area contributed by atoms with Crippen LogP contribution in [0.5, 0.6) is 5.88 Å². The van der Waals surface area contributed by atoms with Gasteiger partial charge in [0.1, 0.15) is 18.5 Å². The van der Waals surface area contributed by atoms with E-state index < -0.39 is 5.82 Å². The van der Waals surface area contributed by atoms with Crippen molar-refractivity contribution < 1.29 is 9.13 Å². The lowest BCUT2D eigenvalue weighted by Gasteiger charge is -2.32. The minimum atomic E-state index is -0.547. The van der Waals surface area contributed by atoms with Gasteiger partial charge in [-0.15, -0.1) is 0 Å². The monoisotopic (exact) mass is 435 g/mol. The average Bonchev–Trinajstić information content (AvgIpc) is 2.80. The summed E-state index contributed by atoms with van der Waals surface area (Å²) in [5.74, 6) is 0.545. The maximum atomic E-state index is 14.1. The first kappa shape index (κ1) is 21.1. The van der Waals surface area contributed by atoms with E-state index in [0.717, 1.165) is 31.7 Å². The third kappa shape index (κ3) is 5.32. The van der Waals surface area contributed by atoms with Gasteiger partial charge in [0.05, 0.1) is 16.7 Å². The van der Waals surface area contributed by atoms with Gasteiger partial charge in [-0.25, -0.2) is 9.37 Å². The maximum absolute atomic E-state index is 14.1. The Morgan fingerprint density at radius 1 is 1.13 bits per heavy atom. The molecule has 0 radical (unpaired) electrons. The molecule has 1 saturated heterocycles. The first-order valence-electron chi connectivity index (χ1n) is 9.97. The van der Waals surface area contributed by atoms with Crippen molar-refractivity contribution >= 4 is 17.7 Å². The first-order chi connectivity index (χ1) is 15.1. The molecule has 31 heavy (non-hydrogen) atoms. The highest BCUT2D eigenvalue weighted by Crippen LogP contribution is 2.35. The molecule has 1 aliphatic heterocycles. The van der Waals surface area contributed by atoms with Gasteiger partial charge in [-0.1, -0.05) is 42.1 Å². The third-order valence-electron chi connectivity index (χ3n) is 5.00. The summed E-state index contributed by atoms with van der Waals surface area (Å²) in [6.07, 6.45) is 1.72. The summed E-state index contributed by atoms with van der Waals surface area (Å²) in [5, 5.41) is 8.95. The van der Waals surface area contributed by atoms with E-state index in [9.17, 15) is 4.39 Å². The third-order valence-corrected chi connectivity index (χ3v) is 5.99. The van der Waals surface area contributed by atoms with Crippen molar-refractivity contribution in [1.29, 1.82) is 5.26 Å². The number of benzene rings is 2. The van der Waals surface area contributed by atoms with Crippen LogP contribution in [0.3, 0.4) is 0 Å². The fourth-order valence-corrected chi connectivity index (χ4v) is 4.03. The Morgan fingerprint density at radius 2 is 1.90 bits per heavy atom. The second-order valence-corrected chi connectivity index (χ2v) is 8.37. The Kier molecular flexibility index (Phi) is 6.65. The van der Waals surface area contributed by atoms with Gasteiger partial charge in [0.15, 0.2) is 0 Å². The van der Waals surface area contributed by atoms with E-state index in [2.05, 4.69) is 21.8 Å². The molecule has 1 aliphatic rings. The van der Waals surface area contributed by atoms with Crippen molar-refractivity contribution in [2.75, 3.05) is 38.1 Å². The summed E-state index contributed by atoms with van der Waals surface area (Å²) in [6, 6.07) is 16.2. The van der Waals surface area contributed by atoms with Crippen molar-refractivity contribution in [1.82, 2.24) is 14.9 Å². The topological polar surface area (TPSA) is 65.3 Å². The van der Waals surface area contributed by atoms with Crippen molar-refractivity contribution in [2.24, 2.45) is 0 Å². The van der Waals surface area contributed by atoms with Gasteiger partial charge in [0.25, 0.3) is 0 Å². The quantitative estimate of drug-likeness (QED) is 0.580. The van der Waals surface area contributed by atoms with Crippen LogP contribution < -0.4 is 9.64 Å². The Morgan fingerprint density at radius 3 is 2.61 bits per heavy atom. The molecule has 4 rings (SSSR count). The smallest absolute Gasteiger partial charge is 0.232 e. The Labute approximate surface area is 185 Å². The fourth-order valence-electron chi connectivity index (χ4n) is 3.18. The molecule has 0 amide bonds. The normalized spacial score (nSPS) is 14.3. The second kappa shape index (κ2) is 9.77. The predicted molar refractivity (Wildman–Crippen MR) is 118 cm³/mol. The number of hydrogen-bond donors (Lipinski definition) is 0. The molecule has 1 fully saturated rings. The van der Waals surface area contributed by atoms with Crippen LogP contribution in [0.2, 0.25) is 0 Å². The number of nitriles is 1.